The first-order valence-corrected chi connectivity index (χ1v) is 8.48. The summed E-state index contributed by atoms with van der Waals surface area (Å²) >= 11 is 0. The van der Waals surface area contributed by atoms with Crippen LogP contribution in [0.4, 0.5) is 0 Å². The van der Waals surface area contributed by atoms with Crippen molar-refractivity contribution in [2.24, 2.45) is 5.92 Å². The standard InChI is InChI=1S/C20H19N3O2/c1-12(2)11-16-18-21-15-9-5-3-7-13(15)20(25)23(18)17-10-6-4-8-14(17)19(24)22-16/h3-10,12,16H,11H2,1-2H3,(H,22,24). The average molecular weight is 333 g/mol. The lowest BCUT2D eigenvalue weighted by molar-refractivity contribution is 0.0933. The van der Waals surface area contributed by atoms with Crippen molar-refractivity contribution >= 4 is 16.8 Å². The van der Waals surface area contributed by atoms with E-state index < -0.39 is 0 Å². The second kappa shape index (κ2) is 5.84. The summed E-state index contributed by atoms with van der Waals surface area (Å²) in [7, 11) is 0. The van der Waals surface area contributed by atoms with Gasteiger partial charge in [-0.3, -0.25) is 14.2 Å². The molecular weight excluding hydrogens is 314 g/mol. The number of nitrogens with zero attached hydrogens (tertiary/aromatic N) is 2. The quantitative estimate of drug-likeness (QED) is 0.783. The van der Waals surface area contributed by atoms with Crippen molar-refractivity contribution in [3.8, 4) is 5.69 Å². The van der Waals surface area contributed by atoms with E-state index in [1.807, 2.05) is 24.3 Å². The van der Waals surface area contributed by atoms with Gasteiger partial charge in [0.2, 0.25) is 0 Å². The Morgan fingerprint density at radius 2 is 1.80 bits per heavy atom. The molecule has 1 aliphatic rings. The minimum absolute atomic E-state index is 0.140. The van der Waals surface area contributed by atoms with Gasteiger partial charge in [0.15, 0.2) is 0 Å². The maximum absolute atomic E-state index is 13.2. The third kappa shape index (κ3) is 2.52. The Balaban J connectivity index is 2.10. The van der Waals surface area contributed by atoms with Gasteiger partial charge in [0.05, 0.1) is 28.2 Å². The lowest BCUT2D eigenvalue weighted by Crippen LogP contribution is -2.31. The average Bonchev–Trinajstić information content (AvgIpc) is 2.71. The normalized spacial score (nSPS) is 16.3. The van der Waals surface area contributed by atoms with Gasteiger partial charge in [0.1, 0.15) is 5.82 Å². The van der Waals surface area contributed by atoms with E-state index in [0.717, 1.165) is 0 Å². The molecule has 5 heteroatoms. The fraction of sp³-hybridized carbons (Fsp3) is 0.250. The van der Waals surface area contributed by atoms with Crippen molar-refractivity contribution in [2.45, 2.75) is 26.3 Å². The second-order valence-electron chi connectivity index (χ2n) is 6.80. The Bertz CT molecular complexity index is 1040. The number of aromatic nitrogens is 2. The molecule has 1 amide bonds. The zero-order chi connectivity index (χ0) is 17.6. The van der Waals surface area contributed by atoms with Gasteiger partial charge in [-0.2, -0.15) is 0 Å². The zero-order valence-electron chi connectivity index (χ0n) is 14.2. The largest absolute Gasteiger partial charge is 0.342 e. The number of rotatable bonds is 2. The number of carbonyl (C=O) groups is 1. The van der Waals surface area contributed by atoms with Crippen molar-refractivity contribution < 1.29 is 4.79 Å². The van der Waals surface area contributed by atoms with Crippen LogP contribution in [0.5, 0.6) is 0 Å². The first kappa shape index (κ1) is 15.6. The Morgan fingerprint density at radius 1 is 1.08 bits per heavy atom. The summed E-state index contributed by atoms with van der Waals surface area (Å²) in [4.78, 5) is 30.7. The molecule has 25 heavy (non-hydrogen) atoms. The summed E-state index contributed by atoms with van der Waals surface area (Å²) in [6.07, 6.45) is 0.713. The molecule has 1 aromatic heterocycles. The van der Waals surface area contributed by atoms with Crippen molar-refractivity contribution in [2.75, 3.05) is 0 Å². The molecular formula is C20H19N3O2. The van der Waals surface area contributed by atoms with Crippen LogP contribution >= 0.6 is 0 Å². The number of benzene rings is 2. The molecule has 0 aliphatic carbocycles. The number of nitrogens with one attached hydrogen (secondary N) is 1. The molecule has 0 spiro atoms. The number of carbonyl (C=O) groups excluding carboxylic acids is 1. The van der Waals surface area contributed by atoms with Crippen molar-refractivity contribution in [1.29, 1.82) is 0 Å². The van der Waals surface area contributed by atoms with E-state index in [-0.39, 0.29) is 17.5 Å². The van der Waals surface area contributed by atoms with E-state index in [2.05, 4.69) is 19.2 Å². The van der Waals surface area contributed by atoms with E-state index >= 15 is 0 Å². The highest BCUT2D eigenvalue weighted by molar-refractivity contribution is 5.98. The first-order valence-electron chi connectivity index (χ1n) is 8.48. The third-order valence-electron chi connectivity index (χ3n) is 4.52. The van der Waals surface area contributed by atoms with Crippen molar-refractivity contribution in [3.05, 3.63) is 70.3 Å². The van der Waals surface area contributed by atoms with Gasteiger partial charge in [0.25, 0.3) is 11.5 Å². The van der Waals surface area contributed by atoms with Crippen LogP contribution in [0.1, 0.15) is 42.5 Å². The maximum atomic E-state index is 13.2. The van der Waals surface area contributed by atoms with Crippen LogP contribution in [0.25, 0.3) is 16.6 Å². The molecule has 4 rings (SSSR count). The molecule has 1 unspecified atom stereocenters. The van der Waals surface area contributed by atoms with Crippen molar-refractivity contribution in [3.63, 3.8) is 0 Å². The van der Waals surface area contributed by atoms with Gasteiger partial charge in [0, 0.05) is 0 Å². The van der Waals surface area contributed by atoms with Gasteiger partial charge < -0.3 is 5.32 Å². The highest BCUT2D eigenvalue weighted by atomic mass is 16.2. The molecule has 1 aliphatic heterocycles. The second-order valence-corrected chi connectivity index (χ2v) is 6.80. The Morgan fingerprint density at radius 3 is 2.60 bits per heavy atom. The molecule has 3 aromatic rings. The summed E-state index contributed by atoms with van der Waals surface area (Å²) in [6.45, 7) is 4.18. The molecule has 0 radical (unpaired) electrons. The molecule has 0 bridgehead atoms. The Kier molecular flexibility index (Phi) is 3.64. The van der Waals surface area contributed by atoms with Crippen LogP contribution in [-0.4, -0.2) is 15.5 Å². The molecule has 2 heterocycles. The fourth-order valence-corrected chi connectivity index (χ4v) is 3.41. The zero-order valence-corrected chi connectivity index (χ0v) is 14.2. The number of fused-ring (bicyclic) bond motifs is 4. The Labute approximate surface area is 145 Å². The summed E-state index contributed by atoms with van der Waals surface area (Å²) in [5, 5.41) is 3.61. The van der Waals surface area contributed by atoms with Crippen LogP contribution in [0.3, 0.4) is 0 Å². The van der Waals surface area contributed by atoms with E-state index in [1.54, 1.807) is 28.8 Å². The van der Waals surface area contributed by atoms with Gasteiger partial charge >= 0.3 is 0 Å². The number of hydrogen-bond acceptors (Lipinski definition) is 3. The van der Waals surface area contributed by atoms with E-state index in [1.165, 1.54) is 0 Å². The van der Waals surface area contributed by atoms with Crippen LogP contribution < -0.4 is 10.9 Å². The van der Waals surface area contributed by atoms with Crippen LogP contribution in [-0.2, 0) is 0 Å². The first-order chi connectivity index (χ1) is 12.1. The predicted molar refractivity (Wildman–Crippen MR) is 97.0 cm³/mol. The van der Waals surface area contributed by atoms with Crippen LogP contribution in [0, 0.1) is 5.92 Å². The van der Waals surface area contributed by atoms with Gasteiger partial charge in [-0.05, 0) is 36.6 Å². The topological polar surface area (TPSA) is 64.0 Å². The molecule has 5 nitrogen and oxygen atoms in total. The van der Waals surface area contributed by atoms with Crippen molar-refractivity contribution in [1.82, 2.24) is 14.9 Å². The molecule has 0 saturated carbocycles. The molecule has 1 atom stereocenters. The van der Waals surface area contributed by atoms with Crippen LogP contribution in [0.15, 0.2) is 53.3 Å². The smallest absolute Gasteiger partial charge is 0.266 e. The predicted octanol–water partition coefficient (Wildman–Crippen LogP) is 3.22. The van der Waals surface area contributed by atoms with E-state index in [0.29, 0.717) is 40.3 Å². The number of para-hydroxylation sites is 2. The van der Waals surface area contributed by atoms with Gasteiger partial charge in [-0.1, -0.05) is 38.1 Å². The number of amides is 1. The minimum Gasteiger partial charge on any atom is -0.342 e. The monoisotopic (exact) mass is 333 g/mol. The maximum Gasteiger partial charge on any atom is 0.266 e. The lowest BCUT2D eigenvalue weighted by atomic mass is 10.0. The molecule has 0 saturated heterocycles. The molecule has 126 valence electrons. The minimum atomic E-state index is -0.308. The summed E-state index contributed by atoms with van der Waals surface area (Å²) in [5.41, 5.74) is 1.60. The van der Waals surface area contributed by atoms with Gasteiger partial charge in [-0.15, -0.1) is 0 Å². The highest BCUT2D eigenvalue weighted by Gasteiger charge is 2.29. The SMILES string of the molecule is CC(C)CC1NC(=O)c2ccccc2-n2c1nc1ccccc1c2=O. The van der Waals surface area contributed by atoms with E-state index in [9.17, 15) is 9.59 Å². The van der Waals surface area contributed by atoms with E-state index in [4.69, 9.17) is 4.98 Å². The molecule has 0 fully saturated rings. The third-order valence-corrected chi connectivity index (χ3v) is 4.52. The van der Waals surface area contributed by atoms with Crippen LogP contribution in [0.2, 0.25) is 0 Å². The highest BCUT2D eigenvalue weighted by Crippen LogP contribution is 2.28. The summed E-state index contributed by atoms with van der Waals surface area (Å²) in [6, 6.07) is 14.2. The Hall–Kier alpha value is -2.95. The summed E-state index contributed by atoms with van der Waals surface area (Å²) < 4.78 is 1.60. The lowest BCUT2D eigenvalue weighted by Gasteiger charge is -2.20. The summed E-state index contributed by atoms with van der Waals surface area (Å²) in [5.74, 6) is 0.772. The number of hydrogen-bond donors (Lipinski definition) is 1. The molecule has 1 N–H and O–H groups in total. The molecule has 2 aromatic carbocycles. The van der Waals surface area contributed by atoms with Gasteiger partial charge in [-0.25, -0.2) is 4.98 Å². The fourth-order valence-electron chi connectivity index (χ4n) is 3.41.